The van der Waals surface area contributed by atoms with Crippen LogP contribution in [0.3, 0.4) is 0 Å². The van der Waals surface area contributed by atoms with Gasteiger partial charge in [-0.25, -0.2) is 0 Å². The van der Waals surface area contributed by atoms with Crippen molar-refractivity contribution in [3.8, 4) is 11.5 Å². The van der Waals surface area contributed by atoms with Crippen molar-refractivity contribution in [3.63, 3.8) is 0 Å². The van der Waals surface area contributed by atoms with E-state index in [1.807, 2.05) is 0 Å². The average molecular weight is 279 g/mol. The molecule has 19 heavy (non-hydrogen) atoms. The van der Waals surface area contributed by atoms with E-state index in [2.05, 4.69) is 24.0 Å². The summed E-state index contributed by atoms with van der Waals surface area (Å²) in [4.78, 5) is 10.3. The summed E-state index contributed by atoms with van der Waals surface area (Å²) in [6.07, 6.45) is 0. The van der Waals surface area contributed by atoms with Gasteiger partial charge >= 0.3 is 0 Å². The molecule has 0 aliphatic rings. The molecule has 0 saturated carbocycles. The number of non-ortho nitro benzene ring substituents is 1. The molecule has 0 amide bonds. The summed E-state index contributed by atoms with van der Waals surface area (Å²) in [6.45, 7) is 4.20. The molecular weight excluding hydrogens is 266 g/mol. The van der Waals surface area contributed by atoms with Gasteiger partial charge in [0.25, 0.3) is 10.9 Å². The number of aromatic nitrogens is 2. The van der Waals surface area contributed by atoms with Gasteiger partial charge in [0.1, 0.15) is 0 Å². The summed E-state index contributed by atoms with van der Waals surface area (Å²) in [5.74, 6) is 1.71. The van der Waals surface area contributed by atoms with Gasteiger partial charge in [-0.1, -0.05) is 31.7 Å². The molecule has 1 aromatic heterocycles. The van der Waals surface area contributed by atoms with Gasteiger partial charge in [-0.05, 0) is 12.0 Å². The third-order valence-electron chi connectivity index (χ3n) is 2.25. The quantitative estimate of drug-likeness (QED) is 0.474. The summed E-state index contributed by atoms with van der Waals surface area (Å²) < 4.78 is 5.47. The van der Waals surface area contributed by atoms with Gasteiger partial charge in [0, 0.05) is 23.4 Å². The van der Waals surface area contributed by atoms with Crippen molar-refractivity contribution in [2.24, 2.45) is 5.92 Å². The first-order chi connectivity index (χ1) is 9.06. The minimum Gasteiger partial charge on any atom is -0.411 e. The van der Waals surface area contributed by atoms with Gasteiger partial charge in [0.15, 0.2) is 0 Å². The molecule has 0 N–H and O–H groups in total. The molecule has 0 spiro atoms. The zero-order chi connectivity index (χ0) is 13.8. The average Bonchev–Trinajstić information content (AvgIpc) is 2.85. The van der Waals surface area contributed by atoms with Crippen LogP contribution in [0.15, 0.2) is 33.9 Å². The zero-order valence-corrected chi connectivity index (χ0v) is 11.4. The van der Waals surface area contributed by atoms with E-state index in [0.717, 1.165) is 5.75 Å². The van der Waals surface area contributed by atoms with Crippen molar-refractivity contribution < 1.29 is 9.34 Å². The summed E-state index contributed by atoms with van der Waals surface area (Å²) >= 11 is 1.48. The molecule has 0 radical (unpaired) electrons. The van der Waals surface area contributed by atoms with Crippen LogP contribution in [-0.4, -0.2) is 20.9 Å². The number of hydrogen-bond acceptors (Lipinski definition) is 6. The Labute approximate surface area is 114 Å². The van der Waals surface area contributed by atoms with Gasteiger partial charge < -0.3 is 4.42 Å². The third kappa shape index (κ3) is 3.54. The second-order valence-electron chi connectivity index (χ2n) is 4.39. The summed E-state index contributed by atoms with van der Waals surface area (Å²) in [7, 11) is 0. The molecule has 7 heteroatoms. The summed E-state index contributed by atoms with van der Waals surface area (Å²) in [5.41, 5.74) is 0.560. The number of hydrogen-bond donors (Lipinski definition) is 0. The Morgan fingerprint density at radius 1 is 1.42 bits per heavy atom. The fourth-order valence-corrected chi connectivity index (χ4v) is 2.09. The highest BCUT2D eigenvalue weighted by Crippen LogP contribution is 2.26. The van der Waals surface area contributed by atoms with Crippen molar-refractivity contribution in [2.75, 3.05) is 5.75 Å². The van der Waals surface area contributed by atoms with Crippen LogP contribution in [0.2, 0.25) is 0 Å². The maximum absolute atomic E-state index is 10.7. The molecule has 1 aromatic carbocycles. The molecule has 2 rings (SSSR count). The van der Waals surface area contributed by atoms with E-state index in [9.17, 15) is 10.1 Å². The van der Waals surface area contributed by atoms with Crippen LogP contribution >= 0.6 is 11.8 Å². The van der Waals surface area contributed by atoms with E-state index in [1.165, 1.54) is 23.9 Å². The molecule has 6 nitrogen and oxygen atoms in total. The lowest BCUT2D eigenvalue weighted by Crippen LogP contribution is -1.89. The van der Waals surface area contributed by atoms with Crippen LogP contribution in [0, 0.1) is 16.0 Å². The molecule has 1 heterocycles. The molecular formula is C12H13N3O3S. The van der Waals surface area contributed by atoms with Crippen LogP contribution in [0.25, 0.3) is 11.5 Å². The van der Waals surface area contributed by atoms with E-state index in [1.54, 1.807) is 12.1 Å². The maximum atomic E-state index is 10.7. The monoisotopic (exact) mass is 279 g/mol. The predicted octanol–water partition coefficient (Wildman–Crippen LogP) is 3.39. The normalized spacial score (nSPS) is 10.9. The smallest absolute Gasteiger partial charge is 0.276 e. The lowest BCUT2D eigenvalue weighted by molar-refractivity contribution is -0.384. The van der Waals surface area contributed by atoms with Crippen LogP contribution in [0.4, 0.5) is 5.69 Å². The summed E-state index contributed by atoms with van der Waals surface area (Å²) in [5, 5.41) is 19.0. The highest BCUT2D eigenvalue weighted by molar-refractivity contribution is 7.99. The number of benzene rings is 1. The highest BCUT2D eigenvalue weighted by atomic mass is 32.2. The van der Waals surface area contributed by atoms with Crippen LogP contribution in [0.1, 0.15) is 13.8 Å². The van der Waals surface area contributed by atoms with E-state index in [4.69, 9.17) is 4.42 Å². The molecule has 0 unspecified atom stereocenters. The Balaban J connectivity index is 2.18. The van der Waals surface area contributed by atoms with Crippen LogP contribution in [-0.2, 0) is 0 Å². The maximum Gasteiger partial charge on any atom is 0.276 e. The Bertz CT molecular complexity index is 583. The second kappa shape index (κ2) is 5.83. The number of nitro benzene ring substituents is 1. The zero-order valence-electron chi connectivity index (χ0n) is 10.6. The van der Waals surface area contributed by atoms with Gasteiger partial charge in [-0.15, -0.1) is 10.2 Å². The van der Waals surface area contributed by atoms with Gasteiger partial charge in [0.2, 0.25) is 5.89 Å². The van der Waals surface area contributed by atoms with Gasteiger partial charge in [0.05, 0.1) is 4.92 Å². The third-order valence-corrected chi connectivity index (χ3v) is 3.50. The standard InChI is InChI=1S/C12H13N3O3S/c1-8(2)7-19-12-14-13-11(18-12)9-4-3-5-10(6-9)15(16)17/h3-6,8H,7H2,1-2H3. The SMILES string of the molecule is CC(C)CSc1nnc(-c2cccc([N+](=O)[O-])c2)o1. The van der Waals surface area contributed by atoms with Crippen molar-refractivity contribution in [1.82, 2.24) is 10.2 Å². The topological polar surface area (TPSA) is 82.1 Å². The summed E-state index contributed by atoms with van der Waals surface area (Å²) in [6, 6.07) is 6.15. The minimum absolute atomic E-state index is 0.00656. The molecule has 0 bridgehead atoms. The van der Waals surface area contributed by atoms with Crippen molar-refractivity contribution in [3.05, 3.63) is 34.4 Å². The minimum atomic E-state index is -0.450. The van der Waals surface area contributed by atoms with Crippen LogP contribution < -0.4 is 0 Å². The molecule has 0 aliphatic carbocycles. The van der Waals surface area contributed by atoms with Gasteiger partial charge in [-0.3, -0.25) is 10.1 Å². The first kappa shape index (κ1) is 13.5. The van der Waals surface area contributed by atoms with Gasteiger partial charge in [-0.2, -0.15) is 0 Å². The Morgan fingerprint density at radius 2 is 2.21 bits per heavy atom. The fourth-order valence-electron chi connectivity index (χ4n) is 1.38. The molecule has 0 aliphatic heterocycles. The molecule has 2 aromatic rings. The second-order valence-corrected chi connectivity index (χ2v) is 5.36. The van der Waals surface area contributed by atoms with E-state index in [0.29, 0.717) is 22.6 Å². The van der Waals surface area contributed by atoms with E-state index >= 15 is 0 Å². The lowest BCUT2D eigenvalue weighted by atomic mass is 10.2. The lowest BCUT2D eigenvalue weighted by Gasteiger charge is -1.98. The molecule has 0 saturated heterocycles. The largest absolute Gasteiger partial charge is 0.411 e. The van der Waals surface area contributed by atoms with E-state index < -0.39 is 4.92 Å². The fraction of sp³-hybridized carbons (Fsp3) is 0.333. The molecule has 0 fully saturated rings. The van der Waals surface area contributed by atoms with Crippen LogP contribution in [0.5, 0.6) is 0 Å². The molecule has 0 atom stereocenters. The first-order valence-electron chi connectivity index (χ1n) is 5.77. The van der Waals surface area contributed by atoms with Crippen molar-refractivity contribution >= 4 is 17.4 Å². The van der Waals surface area contributed by atoms with Crippen molar-refractivity contribution in [1.29, 1.82) is 0 Å². The Morgan fingerprint density at radius 3 is 2.89 bits per heavy atom. The molecule has 100 valence electrons. The number of thioether (sulfide) groups is 1. The van der Waals surface area contributed by atoms with E-state index in [-0.39, 0.29) is 5.69 Å². The number of rotatable bonds is 5. The highest BCUT2D eigenvalue weighted by Gasteiger charge is 2.13. The number of nitro groups is 1. The predicted molar refractivity (Wildman–Crippen MR) is 72.0 cm³/mol. The Hall–Kier alpha value is -1.89. The van der Waals surface area contributed by atoms with Crippen molar-refractivity contribution in [2.45, 2.75) is 19.1 Å². The number of nitrogens with zero attached hydrogens (tertiary/aromatic N) is 3. The first-order valence-corrected chi connectivity index (χ1v) is 6.76. The Kier molecular flexibility index (Phi) is 4.16.